The van der Waals surface area contributed by atoms with Gasteiger partial charge in [0.2, 0.25) is 0 Å². The minimum absolute atomic E-state index is 0. The summed E-state index contributed by atoms with van der Waals surface area (Å²) >= 11 is 0. The number of alkyl halides is 4. The number of nitrogens with two attached hydrogens (primary N) is 1. The topological polar surface area (TPSA) is 26.0 Å². The maximum atomic E-state index is 12.4. The summed E-state index contributed by atoms with van der Waals surface area (Å²) in [4.78, 5) is 0. The number of hydrogen-bond donors (Lipinski definition) is 1. The van der Waals surface area contributed by atoms with Gasteiger partial charge < -0.3 is 5.73 Å². The van der Waals surface area contributed by atoms with Crippen LogP contribution in [0.4, 0.5) is 17.6 Å². The fourth-order valence-corrected chi connectivity index (χ4v) is 1.23. The highest BCUT2D eigenvalue weighted by Gasteiger charge is 2.70. The highest BCUT2D eigenvalue weighted by Crippen LogP contribution is 2.56. The minimum Gasteiger partial charge on any atom is -0.330 e. The Kier molecular flexibility index (Phi) is 3.37. The van der Waals surface area contributed by atoms with Crippen LogP contribution < -0.4 is 5.73 Å². The second kappa shape index (κ2) is 3.38. The first kappa shape index (κ1) is 12.0. The zero-order chi connectivity index (χ0) is 8.70. The second-order valence-corrected chi connectivity index (χ2v) is 2.81. The van der Waals surface area contributed by atoms with Crippen molar-refractivity contribution in [2.24, 2.45) is 11.7 Å². The van der Waals surface area contributed by atoms with Crippen LogP contribution in [-0.2, 0) is 0 Å². The fraction of sp³-hybridized carbons (Fsp3) is 1.00. The van der Waals surface area contributed by atoms with Gasteiger partial charge in [-0.05, 0) is 13.0 Å². The average molecular weight is 208 g/mol. The lowest BCUT2D eigenvalue weighted by Gasteiger charge is -2.43. The Hall–Kier alpha value is -0.0300. The highest BCUT2D eigenvalue weighted by molar-refractivity contribution is 5.85. The lowest BCUT2D eigenvalue weighted by molar-refractivity contribution is -0.314. The number of hydrogen-bond acceptors (Lipinski definition) is 1. The molecule has 1 unspecified atom stereocenters. The first-order chi connectivity index (χ1) is 4.92. The molecule has 1 saturated carbocycles. The van der Waals surface area contributed by atoms with Crippen LogP contribution >= 0.6 is 12.4 Å². The maximum Gasteiger partial charge on any atom is 0.313 e. The van der Waals surface area contributed by atoms with E-state index in [1.807, 2.05) is 0 Å². The van der Waals surface area contributed by atoms with Gasteiger partial charge in [-0.15, -0.1) is 12.4 Å². The third-order valence-corrected chi connectivity index (χ3v) is 2.02. The van der Waals surface area contributed by atoms with Crippen LogP contribution in [0.2, 0.25) is 0 Å². The van der Waals surface area contributed by atoms with Crippen molar-refractivity contribution >= 4 is 12.4 Å². The largest absolute Gasteiger partial charge is 0.330 e. The van der Waals surface area contributed by atoms with Crippen LogP contribution in [0.1, 0.15) is 12.8 Å². The van der Waals surface area contributed by atoms with E-state index in [1.54, 1.807) is 0 Å². The number of halogens is 5. The fourth-order valence-electron chi connectivity index (χ4n) is 1.23. The summed E-state index contributed by atoms with van der Waals surface area (Å²) in [5, 5.41) is 0. The number of rotatable bonds is 2. The van der Waals surface area contributed by atoms with E-state index in [1.165, 1.54) is 0 Å². The summed E-state index contributed by atoms with van der Waals surface area (Å²) in [5.41, 5.74) is 4.97. The second-order valence-electron chi connectivity index (χ2n) is 2.81. The minimum atomic E-state index is -3.83. The zero-order valence-electron chi connectivity index (χ0n) is 6.20. The summed E-state index contributed by atoms with van der Waals surface area (Å²) in [6.45, 7) is 0.0380. The van der Waals surface area contributed by atoms with Gasteiger partial charge in [-0.1, -0.05) is 0 Å². The highest BCUT2D eigenvalue weighted by atomic mass is 35.5. The Morgan fingerprint density at radius 3 is 2.00 bits per heavy atom. The SMILES string of the molecule is Cl.NCCC1CC(F)(F)C1(F)F. The van der Waals surface area contributed by atoms with Crippen molar-refractivity contribution in [2.45, 2.75) is 24.7 Å². The van der Waals surface area contributed by atoms with Crippen molar-refractivity contribution in [3.8, 4) is 0 Å². The molecule has 1 atom stereocenters. The summed E-state index contributed by atoms with van der Waals surface area (Å²) in [5.74, 6) is -8.85. The lowest BCUT2D eigenvalue weighted by atomic mass is 9.75. The summed E-state index contributed by atoms with van der Waals surface area (Å²) in [6.07, 6.45) is -0.750. The molecule has 1 nitrogen and oxygen atoms in total. The van der Waals surface area contributed by atoms with E-state index in [0.29, 0.717) is 0 Å². The molecule has 1 rings (SSSR count). The van der Waals surface area contributed by atoms with Gasteiger partial charge in [0.05, 0.1) is 0 Å². The molecule has 0 heterocycles. The Labute approximate surface area is 73.7 Å². The van der Waals surface area contributed by atoms with E-state index in [2.05, 4.69) is 0 Å². The van der Waals surface area contributed by atoms with Crippen LogP contribution in [0.3, 0.4) is 0 Å². The van der Waals surface area contributed by atoms with Crippen molar-refractivity contribution in [1.29, 1.82) is 0 Å². The van der Waals surface area contributed by atoms with E-state index < -0.39 is 24.2 Å². The predicted molar refractivity (Wildman–Crippen MR) is 38.9 cm³/mol. The summed E-state index contributed by atoms with van der Waals surface area (Å²) < 4.78 is 48.9. The van der Waals surface area contributed by atoms with E-state index >= 15 is 0 Å². The molecular weight excluding hydrogens is 198 g/mol. The van der Waals surface area contributed by atoms with Gasteiger partial charge in [0, 0.05) is 12.3 Å². The monoisotopic (exact) mass is 207 g/mol. The van der Waals surface area contributed by atoms with Gasteiger partial charge in [-0.3, -0.25) is 0 Å². The molecule has 2 N–H and O–H groups in total. The van der Waals surface area contributed by atoms with E-state index in [-0.39, 0.29) is 25.4 Å². The van der Waals surface area contributed by atoms with Crippen LogP contribution in [0.5, 0.6) is 0 Å². The first-order valence-corrected chi connectivity index (χ1v) is 3.37. The van der Waals surface area contributed by atoms with E-state index in [9.17, 15) is 17.6 Å². The van der Waals surface area contributed by atoms with Crippen molar-refractivity contribution in [3.05, 3.63) is 0 Å². The molecule has 1 fully saturated rings. The molecule has 0 aromatic rings. The van der Waals surface area contributed by atoms with Gasteiger partial charge in [-0.2, -0.15) is 17.6 Å². The Balaban J connectivity index is 0.00000121. The third kappa shape index (κ3) is 1.52. The first-order valence-electron chi connectivity index (χ1n) is 3.37. The summed E-state index contributed by atoms with van der Waals surface area (Å²) in [7, 11) is 0. The molecule has 0 saturated heterocycles. The van der Waals surface area contributed by atoms with Crippen LogP contribution in [0.15, 0.2) is 0 Å². The molecule has 0 aromatic heterocycles. The molecule has 12 heavy (non-hydrogen) atoms. The summed E-state index contributed by atoms with van der Waals surface area (Å²) in [6, 6.07) is 0. The third-order valence-electron chi connectivity index (χ3n) is 2.02. The smallest absolute Gasteiger partial charge is 0.313 e. The van der Waals surface area contributed by atoms with Gasteiger partial charge in [0.25, 0.3) is 0 Å². The zero-order valence-corrected chi connectivity index (χ0v) is 7.01. The molecule has 0 amide bonds. The van der Waals surface area contributed by atoms with E-state index in [0.717, 1.165) is 0 Å². The van der Waals surface area contributed by atoms with Crippen molar-refractivity contribution in [1.82, 2.24) is 0 Å². The molecule has 1 aliphatic carbocycles. The van der Waals surface area contributed by atoms with Crippen molar-refractivity contribution in [2.75, 3.05) is 6.54 Å². The molecular formula is C6H10ClF4N. The molecule has 0 bridgehead atoms. The maximum absolute atomic E-state index is 12.4. The van der Waals surface area contributed by atoms with Gasteiger partial charge in [0.15, 0.2) is 0 Å². The van der Waals surface area contributed by atoms with Gasteiger partial charge in [-0.25, -0.2) is 0 Å². The van der Waals surface area contributed by atoms with Crippen LogP contribution in [-0.4, -0.2) is 18.4 Å². The molecule has 0 spiro atoms. The van der Waals surface area contributed by atoms with Crippen LogP contribution in [0.25, 0.3) is 0 Å². The van der Waals surface area contributed by atoms with Gasteiger partial charge in [0.1, 0.15) is 0 Å². The molecule has 0 radical (unpaired) electrons. The lowest BCUT2D eigenvalue weighted by Crippen LogP contribution is -2.58. The normalized spacial score (nSPS) is 30.2. The van der Waals surface area contributed by atoms with Crippen molar-refractivity contribution < 1.29 is 17.6 Å². The quantitative estimate of drug-likeness (QED) is 0.689. The van der Waals surface area contributed by atoms with Crippen LogP contribution in [0, 0.1) is 5.92 Å². The van der Waals surface area contributed by atoms with E-state index in [4.69, 9.17) is 5.73 Å². The Morgan fingerprint density at radius 2 is 1.75 bits per heavy atom. The standard InChI is InChI=1S/C6H9F4N.ClH/c7-5(8)3-4(1-2-11)6(5,9)10;/h4H,1-3,11H2;1H. The Morgan fingerprint density at radius 1 is 1.25 bits per heavy atom. The molecule has 0 aliphatic heterocycles. The molecule has 6 heteroatoms. The van der Waals surface area contributed by atoms with Crippen molar-refractivity contribution in [3.63, 3.8) is 0 Å². The molecule has 0 aromatic carbocycles. The molecule has 74 valence electrons. The predicted octanol–water partition coefficient (Wildman–Crippen LogP) is 2.05. The molecule has 1 aliphatic rings. The Bertz CT molecular complexity index is 162. The van der Waals surface area contributed by atoms with Gasteiger partial charge >= 0.3 is 11.8 Å². The average Bonchev–Trinajstić information content (AvgIpc) is 1.87.